The summed E-state index contributed by atoms with van der Waals surface area (Å²) in [6, 6.07) is 0. The Bertz CT molecular complexity index is 29.5. The van der Waals surface area contributed by atoms with Gasteiger partial charge in [0.05, 0.1) is 5.60 Å². The minimum Gasteiger partial charge on any atom is -0.391 e. The minimum atomic E-state index is -0.500. The maximum Gasteiger partial charge on any atom is 0.0563 e. The maximum atomic E-state index is 8.52. The van der Waals surface area contributed by atoms with Gasteiger partial charge in [0.25, 0.3) is 0 Å². The second-order valence-electron chi connectivity index (χ2n) is 2.17. The Hall–Kier alpha value is 2.21. The van der Waals surface area contributed by atoms with Crippen molar-refractivity contribution < 1.29 is 5.11 Å². The first-order chi connectivity index (χ1) is 2.00. The van der Waals surface area contributed by atoms with Gasteiger partial charge in [-0.1, -0.05) is 0 Å². The van der Waals surface area contributed by atoms with Gasteiger partial charge in [0, 0.05) is 23.7 Å². The van der Waals surface area contributed by atoms with E-state index in [1.807, 2.05) is 0 Å². The zero-order valence-electron chi connectivity index (χ0n) is 5.17. The summed E-state index contributed by atoms with van der Waals surface area (Å²) in [4.78, 5) is 0. The van der Waals surface area contributed by atoms with Gasteiger partial charge in [-0.2, -0.15) is 0 Å². The third-order valence-electron chi connectivity index (χ3n) is 0. The van der Waals surface area contributed by atoms with E-state index in [2.05, 4.69) is 0 Å². The van der Waals surface area contributed by atoms with E-state index in [0.717, 1.165) is 0 Å². The van der Waals surface area contributed by atoms with Crippen molar-refractivity contribution in [2.45, 2.75) is 26.4 Å². The fourth-order valence-electron chi connectivity index (χ4n) is 0. The molecule has 0 fully saturated rings. The van der Waals surface area contributed by atoms with Crippen molar-refractivity contribution in [3.05, 3.63) is 0 Å². The summed E-state index contributed by atoms with van der Waals surface area (Å²) in [5.74, 6) is 0. The van der Waals surface area contributed by atoms with Crippen LogP contribution in [-0.4, -0.2) is 34.4 Å². The third-order valence-corrected chi connectivity index (χ3v) is 0. The molecule has 0 aromatic heterocycles. The van der Waals surface area contributed by atoms with E-state index in [1.54, 1.807) is 20.8 Å². The van der Waals surface area contributed by atoms with Gasteiger partial charge in [0.15, 0.2) is 0 Å². The summed E-state index contributed by atoms with van der Waals surface area (Å²) >= 11 is 0. The van der Waals surface area contributed by atoms with E-state index >= 15 is 0 Å². The van der Waals surface area contributed by atoms with Crippen LogP contribution in [0.1, 0.15) is 20.8 Å². The van der Waals surface area contributed by atoms with E-state index in [0.29, 0.717) is 0 Å². The van der Waals surface area contributed by atoms with Crippen LogP contribution in [0.5, 0.6) is 0 Å². The molecule has 0 aliphatic carbocycles. The molecule has 2 radical (unpaired) electrons. The van der Waals surface area contributed by atoms with Gasteiger partial charge in [0.1, 0.15) is 0 Å². The van der Waals surface area contributed by atoms with Gasteiger partial charge < -0.3 is 5.11 Å². The zero-order valence-corrected chi connectivity index (χ0v) is 12.2. The molecule has 54 valence electrons. The maximum absolute atomic E-state index is 8.52. The number of rotatable bonds is 0. The molecule has 0 aliphatic rings. The molecule has 0 aromatic carbocycles. The fourth-order valence-corrected chi connectivity index (χ4v) is 0. The van der Waals surface area contributed by atoms with Crippen LogP contribution in [0.2, 0.25) is 0 Å². The normalized spacial score (nSPS) is 7.50. The predicted molar refractivity (Wildman–Crippen MR) is 58.6 cm³/mol. The first-order valence-electron chi connectivity index (χ1n) is 1.72. The van der Waals surface area contributed by atoms with Crippen LogP contribution in [-0.2, 0) is 0 Å². The Morgan fingerprint density at radius 2 is 1.00 bits per heavy atom. The first-order valence-corrected chi connectivity index (χ1v) is 1.72. The van der Waals surface area contributed by atoms with Gasteiger partial charge in [-0.15, -0.1) is 48.0 Å². The van der Waals surface area contributed by atoms with Crippen LogP contribution in [0.25, 0.3) is 0 Å². The van der Waals surface area contributed by atoms with Gasteiger partial charge in [-0.05, 0) is 20.8 Å². The van der Waals surface area contributed by atoms with Gasteiger partial charge in [-0.25, -0.2) is 0 Å². The topological polar surface area (TPSA) is 20.2 Å². The molecule has 4 heteroatoms. The van der Waals surface area contributed by atoms with Crippen LogP contribution in [0.4, 0.5) is 0 Å². The number of aliphatic hydroxyl groups is 1. The molecule has 0 atom stereocenters. The predicted octanol–water partition coefficient (Wildman–Crippen LogP) is 1.63. The molecule has 0 bridgehead atoms. The van der Waals surface area contributed by atoms with Crippen LogP contribution in [0.3, 0.4) is 0 Å². The van der Waals surface area contributed by atoms with E-state index < -0.39 is 5.60 Å². The summed E-state index contributed by atoms with van der Waals surface area (Å²) in [7, 11) is 0. The van der Waals surface area contributed by atoms with Crippen LogP contribution >= 0.6 is 48.0 Å². The molecule has 1 nitrogen and oxygen atoms in total. The fraction of sp³-hybridized carbons (Fsp3) is 1.00. The number of hydrogen-bond acceptors (Lipinski definition) is 1. The van der Waals surface area contributed by atoms with Gasteiger partial charge >= 0.3 is 0 Å². The van der Waals surface area contributed by atoms with Crippen LogP contribution < -0.4 is 0 Å². The van der Waals surface area contributed by atoms with E-state index in [-0.39, 0.29) is 71.6 Å². The summed E-state index contributed by atoms with van der Waals surface area (Å²) < 4.78 is 0. The molecule has 0 unspecified atom stereocenters. The largest absolute Gasteiger partial charge is 0.391 e. The summed E-state index contributed by atoms with van der Waals surface area (Å²) in [5, 5.41) is 8.52. The van der Waals surface area contributed by atoms with Crippen molar-refractivity contribution in [2.75, 3.05) is 0 Å². The smallest absolute Gasteiger partial charge is 0.0563 e. The SMILES string of the molecule is CC(C)(C)O.I.I.[Te]. The Balaban J connectivity index is -0.0000000267. The Labute approximate surface area is 102 Å². The summed E-state index contributed by atoms with van der Waals surface area (Å²) in [6.07, 6.45) is 0. The zero-order chi connectivity index (χ0) is 4.50. The average molecular weight is 458 g/mol. The van der Waals surface area contributed by atoms with Crippen LogP contribution in [0.15, 0.2) is 0 Å². The van der Waals surface area contributed by atoms with E-state index in [9.17, 15) is 0 Å². The molecule has 0 aromatic rings. The van der Waals surface area contributed by atoms with Crippen molar-refractivity contribution in [1.82, 2.24) is 0 Å². The Morgan fingerprint density at radius 3 is 1.00 bits per heavy atom. The third kappa shape index (κ3) is 87.4. The molecule has 0 aliphatic heterocycles. The summed E-state index contributed by atoms with van der Waals surface area (Å²) in [5.41, 5.74) is -0.500. The quantitative estimate of drug-likeness (QED) is 0.433. The van der Waals surface area contributed by atoms with Crippen molar-refractivity contribution in [1.29, 1.82) is 0 Å². The molecule has 8 heavy (non-hydrogen) atoms. The molecule has 0 amide bonds. The van der Waals surface area contributed by atoms with E-state index in [1.165, 1.54) is 0 Å². The van der Waals surface area contributed by atoms with Crippen molar-refractivity contribution in [2.24, 2.45) is 0 Å². The van der Waals surface area contributed by atoms with Crippen molar-refractivity contribution in [3.8, 4) is 0 Å². The van der Waals surface area contributed by atoms with Crippen molar-refractivity contribution in [3.63, 3.8) is 0 Å². The minimum absolute atomic E-state index is 0. The van der Waals surface area contributed by atoms with Gasteiger partial charge in [-0.3, -0.25) is 0 Å². The second-order valence-corrected chi connectivity index (χ2v) is 2.17. The second kappa shape index (κ2) is 9.21. The molecule has 0 saturated heterocycles. The Kier molecular flexibility index (Phi) is 25.9. The standard InChI is InChI=1S/C4H10O.2HI.Te/c1-4(2,3)5;;;/h5H,1-3H3;2*1H;. The molecule has 0 rings (SSSR count). The summed E-state index contributed by atoms with van der Waals surface area (Å²) in [6.45, 7) is 5.23. The molecular weight excluding hydrogens is 445 g/mol. The van der Waals surface area contributed by atoms with E-state index in [4.69, 9.17) is 5.11 Å². The van der Waals surface area contributed by atoms with Crippen LogP contribution in [0, 0.1) is 0 Å². The number of halogens is 2. The monoisotopic (exact) mass is 460 g/mol. The molecule has 0 saturated carbocycles. The number of hydrogen-bond donors (Lipinski definition) is 1. The molecule has 0 spiro atoms. The Morgan fingerprint density at radius 1 is 1.00 bits per heavy atom. The molecule has 1 N–H and O–H groups in total. The average Bonchev–Trinajstić information content (AvgIpc) is 0.722. The molecular formula is C4H12I2OTe. The molecule has 0 heterocycles. The van der Waals surface area contributed by atoms with Crippen molar-refractivity contribution >= 4 is 71.6 Å². The van der Waals surface area contributed by atoms with Gasteiger partial charge in [0.2, 0.25) is 0 Å². The first kappa shape index (κ1) is 22.5.